The summed E-state index contributed by atoms with van der Waals surface area (Å²) in [5.41, 5.74) is 2.29. The van der Waals surface area contributed by atoms with E-state index in [0.717, 1.165) is 18.5 Å². The van der Waals surface area contributed by atoms with E-state index in [-0.39, 0.29) is 0 Å². The smallest absolute Gasteiger partial charge is 0.237 e. The molecule has 2 aromatic rings. The molecular formula is C16H20N2O. The molecule has 0 saturated carbocycles. The molecule has 1 aromatic heterocycles. The minimum Gasteiger partial charge on any atom is -0.480 e. The molecule has 3 nitrogen and oxygen atoms in total. The molecule has 0 aliphatic rings. The van der Waals surface area contributed by atoms with Crippen molar-refractivity contribution in [3.8, 4) is 5.88 Å². The topological polar surface area (TPSA) is 34.2 Å². The van der Waals surface area contributed by atoms with E-state index < -0.39 is 0 Å². The molecule has 2 rings (SSSR count). The van der Waals surface area contributed by atoms with E-state index in [4.69, 9.17) is 4.74 Å². The van der Waals surface area contributed by atoms with Crippen LogP contribution in [0, 0.1) is 0 Å². The fourth-order valence-electron chi connectivity index (χ4n) is 2.08. The third kappa shape index (κ3) is 3.71. The number of pyridine rings is 1. The van der Waals surface area contributed by atoms with Crippen LogP contribution in [0.2, 0.25) is 0 Å². The van der Waals surface area contributed by atoms with Crippen molar-refractivity contribution in [2.24, 2.45) is 0 Å². The maximum Gasteiger partial charge on any atom is 0.237 e. The second-order valence-electron chi connectivity index (χ2n) is 4.50. The fraction of sp³-hybridized carbons (Fsp3) is 0.312. The van der Waals surface area contributed by atoms with Crippen LogP contribution in [0.5, 0.6) is 5.88 Å². The Bertz CT molecular complexity index is 499. The Labute approximate surface area is 114 Å². The van der Waals surface area contributed by atoms with Crippen molar-refractivity contribution in [3.05, 3.63) is 54.2 Å². The molecule has 0 spiro atoms. The van der Waals surface area contributed by atoms with Gasteiger partial charge >= 0.3 is 0 Å². The normalized spacial score (nSPS) is 11.9. The van der Waals surface area contributed by atoms with Crippen LogP contribution in [0.3, 0.4) is 0 Å². The molecule has 0 amide bonds. The predicted molar refractivity (Wildman–Crippen MR) is 78.6 cm³/mol. The molecule has 19 heavy (non-hydrogen) atoms. The maximum atomic E-state index is 5.27. The Morgan fingerprint density at radius 3 is 2.63 bits per heavy atom. The van der Waals surface area contributed by atoms with Gasteiger partial charge in [0.1, 0.15) is 0 Å². The highest BCUT2D eigenvalue weighted by atomic mass is 16.5. The molecule has 0 radical (unpaired) electrons. The van der Waals surface area contributed by atoms with Gasteiger partial charge in [0.05, 0.1) is 12.8 Å². The maximum absolute atomic E-state index is 5.27. The van der Waals surface area contributed by atoms with Crippen LogP contribution >= 0.6 is 0 Å². The SMILES string of the molecule is CCC(Cc1ccccc1)Nc1cccnc1OC. The molecule has 1 atom stereocenters. The minimum absolute atomic E-state index is 0.375. The largest absolute Gasteiger partial charge is 0.480 e. The molecule has 0 aliphatic carbocycles. The molecule has 0 fully saturated rings. The monoisotopic (exact) mass is 256 g/mol. The highest BCUT2D eigenvalue weighted by Crippen LogP contribution is 2.22. The number of nitrogens with one attached hydrogen (secondary N) is 1. The van der Waals surface area contributed by atoms with E-state index in [0.29, 0.717) is 11.9 Å². The van der Waals surface area contributed by atoms with Crippen LogP contribution < -0.4 is 10.1 Å². The van der Waals surface area contributed by atoms with Gasteiger partial charge in [-0.15, -0.1) is 0 Å². The van der Waals surface area contributed by atoms with E-state index in [1.807, 2.05) is 18.2 Å². The van der Waals surface area contributed by atoms with E-state index in [9.17, 15) is 0 Å². The fourth-order valence-corrected chi connectivity index (χ4v) is 2.08. The Kier molecular flexibility index (Phi) is 4.78. The number of benzene rings is 1. The van der Waals surface area contributed by atoms with E-state index in [2.05, 4.69) is 41.5 Å². The highest BCUT2D eigenvalue weighted by Gasteiger charge is 2.10. The molecule has 1 unspecified atom stereocenters. The van der Waals surface area contributed by atoms with Gasteiger partial charge in [0.25, 0.3) is 0 Å². The predicted octanol–water partition coefficient (Wildman–Crippen LogP) is 3.52. The number of aromatic nitrogens is 1. The van der Waals surface area contributed by atoms with Crippen molar-refractivity contribution in [2.75, 3.05) is 12.4 Å². The summed E-state index contributed by atoms with van der Waals surface area (Å²) in [5.74, 6) is 0.647. The number of rotatable bonds is 6. The standard InChI is InChI=1S/C16H20N2O/c1-3-14(12-13-8-5-4-6-9-13)18-15-10-7-11-17-16(15)19-2/h4-11,14,18H,3,12H2,1-2H3. The summed E-state index contributed by atoms with van der Waals surface area (Å²) in [7, 11) is 1.64. The molecule has 1 heterocycles. The first-order chi connectivity index (χ1) is 9.33. The van der Waals surface area contributed by atoms with E-state index in [1.165, 1.54) is 5.56 Å². The van der Waals surface area contributed by atoms with Gasteiger partial charge in [-0.05, 0) is 30.5 Å². The van der Waals surface area contributed by atoms with Crippen LogP contribution in [0.25, 0.3) is 0 Å². The summed E-state index contributed by atoms with van der Waals surface area (Å²) >= 11 is 0. The van der Waals surface area contributed by atoms with Crippen LogP contribution in [0.15, 0.2) is 48.7 Å². The zero-order valence-electron chi connectivity index (χ0n) is 11.5. The first-order valence-electron chi connectivity index (χ1n) is 6.63. The lowest BCUT2D eigenvalue weighted by atomic mass is 10.0. The van der Waals surface area contributed by atoms with Gasteiger partial charge in [0.15, 0.2) is 0 Å². The van der Waals surface area contributed by atoms with Gasteiger partial charge in [0, 0.05) is 12.2 Å². The first kappa shape index (κ1) is 13.4. The van der Waals surface area contributed by atoms with Crippen LogP contribution in [-0.2, 0) is 6.42 Å². The third-order valence-electron chi connectivity index (χ3n) is 3.14. The molecule has 0 aliphatic heterocycles. The zero-order chi connectivity index (χ0) is 13.5. The lowest BCUT2D eigenvalue weighted by molar-refractivity contribution is 0.399. The summed E-state index contributed by atoms with van der Waals surface area (Å²) in [6.45, 7) is 2.18. The summed E-state index contributed by atoms with van der Waals surface area (Å²) in [6, 6.07) is 14.8. The summed E-state index contributed by atoms with van der Waals surface area (Å²) < 4.78 is 5.27. The first-order valence-corrected chi connectivity index (χ1v) is 6.63. The molecule has 0 saturated heterocycles. The van der Waals surface area contributed by atoms with Crippen LogP contribution in [0.4, 0.5) is 5.69 Å². The van der Waals surface area contributed by atoms with Crippen molar-refractivity contribution in [2.45, 2.75) is 25.8 Å². The molecule has 1 aromatic carbocycles. The second kappa shape index (κ2) is 6.78. The molecule has 100 valence electrons. The summed E-state index contributed by atoms with van der Waals surface area (Å²) in [4.78, 5) is 4.21. The summed E-state index contributed by atoms with van der Waals surface area (Å²) in [5, 5.41) is 3.51. The number of hydrogen-bond acceptors (Lipinski definition) is 3. The minimum atomic E-state index is 0.375. The Balaban J connectivity index is 2.07. The van der Waals surface area contributed by atoms with Crippen molar-refractivity contribution in [1.82, 2.24) is 4.98 Å². The van der Waals surface area contributed by atoms with Crippen LogP contribution in [0.1, 0.15) is 18.9 Å². The van der Waals surface area contributed by atoms with Crippen molar-refractivity contribution in [3.63, 3.8) is 0 Å². The van der Waals surface area contributed by atoms with Gasteiger partial charge in [-0.2, -0.15) is 0 Å². The van der Waals surface area contributed by atoms with Gasteiger partial charge in [-0.3, -0.25) is 0 Å². The lowest BCUT2D eigenvalue weighted by Crippen LogP contribution is -2.21. The number of anilines is 1. The summed E-state index contributed by atoms with van der Waals surface area (Å²) in [6.07, 6.45) is 3.78. The van der Waals surface area contributed by atoms with Gasteiger partial charge < -0.3 is 10.1 Å². The Hall–Kier alpha value is -2.03. The van der Waals surface area contributed by atoms with E-state index >= 15 is 0 Å². The third-order valence-corrected chi connectivity index (χ3v) is 3.14. The Morgan fingerprint density at radius 1 is 1.16 bits per heavy atom. The van der Waals surface area contributed by atoms with Gasteiger partial charge in [-0.25, -0.2) is 4.98 Å². The van der Waals surface area contributed by atoms with Crippen molar-refractivity contribution >= 4 is 5.69 Å². The lowest BCUT2D eigenvalue weighted by Gasteiger charge is -2.19. The molecular weight excluding hydrogens is 236 g/mol. The van der Waals surface area contributed by atoms with Gasteiger partial charge in [0.2, 0.25) is 5.88 Å². The number of hydrogen-bond donors (Lipinski definition) is 1. The number of nitrogens with zero attached hydrogens (tertiary/aromatic N) is 1. The quantitative estimate of drug-likeness (QED) is 0.858. The number of methoxy groups -OCH3 is 1. The van der Waals surface area contributed by atoms with E-state index in [1.54, 1.807) is 13.3 Å². The molecule has 3 heteroatoms. The zero-order valence-corrected chi connectivity index (χ0v) is 11.5. The van der Waals surface area contributed by atoms with Gasteiger partial charge in [-0.1, -0.05) is 37.3 Å². The Morgan fingerprint density at radius 2 is 1.95 bits per heavy atom. The average Bonchev–Trinajstić information content (AvgIpc) is 2.48. The molecule has 1 N–H and O–H groups in total. The second-order valence-corrected chi connectivity index (χ2v) is 4.50. The van der Waals surface area contributed by atoms with Crippen molar-refractivity contribution in [1.29, 1.82) is 0 Å². The molecule has 0 bridgehead atoms. The van der Waals surface area contributed by atoms with Crippen molar-refractivity contribution < 1.29 is 4.74 Å². The number of ether oxygens (including phenoxy) is 1. The highest BCUT2D eigenvalue weighted by molar-refractivity contribution is 5.52. The average molecular weight is 256 g/mol. The van der Waals surface area contributed by atoms with Crippen LogP contribution in [-0.4, -0.2) is 18.1 Å².